The van der Waals surface area contributed by atoms with Crippen LogP contribution in [0, 0.1) is 12.8 Å². The first kappa shape index (κ1) is 8.30. The molecule has 0 aromatic heterocycles. The molecule has 2 heteroatoms. The van der Waals surface area contributed by atoms with Crippen molar-refractivity contribution in [2.24, 2.45) is 5.92 Å². The summed E-state index contributed by atoms with van der Waals surface area (Å²) in [6.07, 6.45) is 0.608. The maximum absolute atomic E-state index is 10.6. The van der Waals surface area contributed by atoms with Crippen molar-refractivity contribution < 1.29 is 14.3 Å². The summed E-state index contributed by atoms with van der Waals surface area (Å²) in [4.78, 5) is 10.6. The van der Waals surface area contributed by atoms with E-state index in [0.29, 0.717) is 6.42 Å². The second-order valence-electron chi connectivity index (χ2n) is 3.43. The maximum Gasteiger partial charge on any atom is 0.306 e. The van der Waals surface area contributed by atoms with Gasteiger partial charge in [-0.2, -0.15) is 0 Å². The molecule has 1 aromatic carbocycles. The summed E-state index contributed by atoms with van der Waals surface area (Å²) in [7, 11) is 0. The lowest BCUT2D eigenvalue weighted by Crippen LogP contribution is -2.12. The fourth-order valence-electron chi connectivity index (χ4n) is 1.28. The molecule has 0 radical (unpaired) electrons. The van der Waals surface area contributed by atoms with E-state index in [0.717, 1.165) is 5.56 Å². The van der Waals surface area contributed by atoms with Gasteiger partial charge in [-0.3, -0.25) is 4.79 Å². The van der Waals surface area contributed by atoms with Crippen LogP contribution in [0.25, 0.3) is 0 Å². The first-order valence-corrected chi connectivity index (χ1v) is 4.38. The van der Waals surface area contributed by atoms with Gasteiger partial charge < -0.3 is 5.11 Å². The summed E-state index contributed by atoms with van der Waals surface area (Å²) in [6.45, 7) is 3.74. The summed E-state index contributed by atoms with van der Waals surface area (Å²) in [5.41, 5.74) is 2.27. The van der Waals surface area contributed by atoms with Crippen molar-refractivity contribution in [1.82, 2.24) is 0 Å². The Bertz CT molecular complexity index is 316. The quantitative estimate of drug-likeness (QED) is 0.786. The van der Waals surface area contributed by atoms with Gasteiger partial charge in [0.15, 0.2) is 0 Å². The van der Waals surface area contributed by atoms with E-state index in [9.17, 15) is 4.79 Å². The number of aliphatic carboxylic acids is 1. The number of aryl methyl sites for hydroxylation is 1. The molecule has 1 atom stereocenters. The number of rotatable bonds is 3. The molecule has 0 saturated heterocycles. The Hall–Kier alpha value is -1.31. The van der Waals surface area contributed by atoms with E-state index in [4.69, 9.17) is 8.08 Å². The van der Waals surface area contributed by atoms with Gasteiger partial charge in [0.25, 0.3) is 0 Å². The monoisotopic (exact) mass is 185 g/mol. The van der Waals surface area contributed by atoms with Crippen molar-refractivity contribution in [3.8, 4) is 0 Å². The van der Waals surface area contributed by atoms with Crippen LogP contribution in [0.4, 0.5) is 0 Å². The van der Waals surface area contributed by atoms with Crippen LogP contribution < -0.4 is 0 Å². The Morgan fingerprint density at radius 3 is 2.92 bits per heavy atom. The van der Waals surface area contributed by atoms with Gasteiger partial charge in [-0.1, -0.05) is 36.8 Å². The normalized spacial score (nSPS) is 13.1. The molecule has 0 spiro atoms. The molecule has 1 rings (SSSR count). The third-order valence-electron chi connectivity index (χ3n) is 2.05. The lowest BCUT2D eigenvalue weighted by atomic mass is 10.0. The van der Waals surface area contributed by atoms with Crippen molar-refractivity contribution in [2.75, 3.05) is 0 Å². The molecular formula is C11H18O2. The van der Waals surface area contributed by atoms with E-state index >= 15 is 0 Å². The van der Waals surface area contributed by atoms with Gasteiger partial charge in [-0.15, -0.1) is 0 Å². The van der Waals surface area contributed by atoms with Crippen LogP contribution in [0.3, 0.4) is 0 Å². The summed E-state index contributed by atoms with van der Waals surface area (Å²) >= 11 is 0. The van der Waals surface area contributed by atoms with Gasteiger partial charge in [-0.25, -0.2) is 0 Å². The molecule has 2 nitrogen and oxygen atoms in total. The van der Waals surface area contributed by atoms with Crippen LogP contribution in [0.15, 0.2) is 24.3 Å². The number of carboxylic acids is 1. The van der Waals surface area contributed by atoms with Gasteiger partial charge >= 0.3 is 5.97 Å². The summed E-state index contributed by atoms with van der Waals surface area (Å²) in [5, 5.41) is 8.71. The van der Waals surface area contributed by atoms with Crippen LogP contribution in [0.5, 0.6) is 0 Å². The van der Waals surface area contributed by atoms with Crippen molar-refractivity contribution >= 4 is 5.97 Å². The number of carboxylic acid groups (broad SMARTS) is 1. The van der Waals surface area contributed by atoms with E-state index in [1.807, 2.05) is 31.2 Å². The highest BCUT2D eigenvalue weighted by Crippen LogP contribution is 2.10. The zero-order chi connectivity index (χ0) is 11.8. The van der Waals surface area contributed by atoms with Crippen molar-refractivity contribution in [1.29, 1.82) is 0 Å². The summed E-state index contributed by atoms with van der Waals surface area (Å²) in [6, 6.07) is 7.96. The molecule has 0 amide bonds. The Kier molecular flexibility index (Phi) is 2.60. The smallest absolute Gasteiger partial charge is 0.306 e. The largest absolute Gasteiger partial charge is 0.481 e. The molecule has 0 aliphatic rings. The highest BCUT2D eigenvalue weighted by molar-refractivity contribution is 5.69. The number of benzene rings is 1. The first-order chi connectivity index (χ1) is 7.09. The van der Waals surface area contributed by atoms with Crippen LogP contribution in [0.2, 0.25) is 0 Å². The Morgan fingerprint density at radius 2 is 2.38 bits per heavy atom. The van der Waals surface area contributed by atoms with E-state index in [1.165, 1.54) is 5.56 Å². The van der Waals surface area contributed by atoms with E-state index in [1.54, 1.807) is 6.92 Å². The highest BCUT2D eigenvalue weighted by Gasteiger charge is 2.10. The van der Waals surface area contributed by atoms with Crippen LogP contribution in [-0.2, 0) is 11.2 Å². The fourth-order valence-corrected chi connectivity index (χ4v) is 1.28. The molecule has 1 N–H and O–H groups in total. The molecule has 74 valence electrons. The lowest BCUT2D eigenvalue weighted by molar-refractivity contribution is -0.141. The molecule has 0 saturated carbocycles. The molecule has 1 unspecified atom stereocenters. The van der Waals surface area contributed by atoms with Crippen molar-refractivity contribution in [3.05, 3.63) is 35.4 Å². The zero-order valence-electron chi connectivity index (χ0n) is 9.95. The van der Waals surface area contributed by atoms with E-state index in [2.05, 4.69) is 0 Å². The molecule has 0 bridgehead atoms. The topological polar surface area (TPSA) is 37.3 Å². The zero-order valence-corrected chi connectivity index (χ0v) is 7.95. The molecule has 0 heterocycles. The average molecular weight is 185 g/mol. The van der Waals surface area contributed by atoms with Crippen LogP contribution >= 0.6 is 0 Å². The second kappa shape index (κ2) is 4.08. The molecule has 1 aromatic rings. The third kappa shape index (κ3) is 2.90. The average Bonchev–Trinajstić information content (AvgIpc) is 2.20. The minimum atomic E-state index is -0.735. The number of hydrogen-bond acceptors (Lipinski definition) is 1. The molecule has 0 aliphatic carbocycles. The van der Waals surface area contributed by atoms with E-state index in [-0.39, 0.29) is 7.34 Å². The first-order valence-electron chi connectivity index (χ1n) is 5.38. The lowest BCUT2D eigenvalue weighted by Gasteiger charge is -2.06. The van der Waals surface area contributed by atoms with Crippen LogP contribution in [-0.4, -0.2) is 11.1 Å². The van der Waals surface area contributed by atoms with Gasteiger partial charge in [0, 0.05) is 4.40 Å². The highest BCUT2D eigenvalue weighted by atomic mass is 16.4. The van der Waals surface area contributed by atoms with Crippen molar-refractivity contribution in [3.63, 3.8) is 0 Å². The Morgan fingerprint density at radius 1 is 1.69 bits per heavy atom. The summed E-state index contributed by atoms with van der Waals surface area (Å²) in [5.74, 6) is -1.04. The minimum absolute atomic E-state index is 0. The predicted molar refractivity (Wildman–Crippen MR) is 55.9 cm³/mol. The van der Waals surface area contributed by atoms with Crippen LogP contribution in [0.1, 0.15) is 22.4 Å². The molecular weight excluding hydrogens is 164 g/mol. The van der Waals surface area contributed by atoms with E-state index < -0.39 is 5.97 Å². The molecule has 0 fully saturated rings. The molecule has 13 heavy (non-hydrogen) atoms. The SMILES string of the molecule is Cc1cccc(CC(C)C(=O)O)c1.[2HH].[2H][2H]. The standard InChI is InChI=1S/C11H14O2.2H2/c1-8-4-3-5-10(6-8)7-9(2)11(12)13;;/h3-6,9H,7H2,1-2H3,(H,12,13);2*1H/i;1+1D;1+1. The van der Waals surface area contributed by atoms with Gasteiger partial charge in [-0.05, 0) is 18.9 Å². The third-order valence-corrected chi connectivity index (χ3v) is 2.05. The Labute approximate surface area is 82.8 Å². The maximum atomic E-state index is 10.6. The van der Waals surface area contributed by atoms with Crippen molar-refractivity contribution in [2.45, 2.75) is 20.3 Å². The summed E-state index contributed by atoms with van der Waals surface area (Å²) < 4.78 is 10.0. The molecule has 0 aliphatic heterocycles. The van der Waals surface area contributed by atoms with Gasteiger partial charge in [0.05, 0.1) is 5.92 Å². The second-order valence-corrected chi connectivity index (χ2v) is 3.43. The van der Waals surface area contributed by atoms with Gasteiger partial charge in [0.1, 0.15) is 0 Å². The fraction of sp³-hybridized carbons (Fsp3) is 0.364. The van der Waals surface area contributed by atoms with Gasteiger partial charge in [0.2, 0.25) is 0 Å². The minimum Gasteiger partial charge on any atom is -0.481 e. The Balaban J connectivity index is 0. The predicted octanol–water partition coefficient (Wildman–Crippen LogP) is 2.75. The number of hydrogen-bond donors (Lipinski definition) is 1. The number of carbonyl (C=O) groups is 1.